The van der Waals surface area contributed by atoms with Crippen LogP contribution in [0.4, 0.5) is 0 Å². The number of piperidine rings is 1. The molecule has 1 saturated heterocycles. The fourth-order valence-electron chi connectivity index (χ4n) is 3.36. The minimum Gasteiger partial charge on any atom is -0.494 e. The van der Waals surface area contributed by atoms with Crippen LogP contribution in [0.1, 0.15) is 36.9 Å². The zero-order chi connectivity index (χ0) is 16.9. The van der Waals surface area contributed by atoms with Gasteiger partial charge in [-0.25, -0.2) is 0 Å². The number of carboxylic acid groups (broad SMARTS) is 1. The Morgan fingerprint density at radius 1 is 1.25 bits per heavy atom. The second-order valence-corrected chi connectivity index (χ2v) is 6.89. The molecule has 4 nitrogen and oxygen atoms in total. The summed E-state index contributed by atoms with van der Waals surface area (Å²) in [4.78, 5) is 13.6. The number of hydrogen-bond acceptors (Lipinski definition) is 4. The van der Waals surface area contributed by atoms with Gasteiger partial charge in [-0.2, -0.15) is 11.3 Å². The Balaban J connectivity index is 1.81. The highest BCUT2D eigenvalue weighted by molar-refractivity contribution is 7.08. The van der Waals surface area contributed by atoms with Crippen molar-refractivity contribution in [2.24, 2.45) is 5.92 Å². The maximum absolute atomic E-state index is 11.2. The number of thiophene rings is 1. The molecule has 1 aliphatic heterocycles. The maximum atomic E-state index is 11.2. The second kappa shape index (κ2) is 7.81. The molecule has 1 unspecified atom stereocenters. The van der Waals surface area contributed by atoms with Crippen molar-refractivity contribution in [1.29, 1.82) is 0 Å². The van der Waals surface area contributed by atoms with Crippen LogP contribution in [0.5, 0.6) is 5.75 Å². The summed E-state index contributed by atoms with van der Waals surface area (Å²) in [6, 6.07) is 10.6. The van der Waals surface area contributed by atoms with Gasteiger partial charge >= 0.3 is 5.97 Å². The quantitative estimate of drug-likeness (QED) is 0.859. The Labute approximate surface area is 146 Å². The summed E-state index contributed by atoms with van der Waals surface area (Å²) in [6.07, 6.45) is 1.43. The minimum absolute atomic E-state index is 0.182. The number of benzene rings is 1. The van der Waals surface area contributed by atoms with Crippen LogP contribution < -0.4 is 4.74 Å². The molecule has 0 spiro atoms. The third kappa shape index (κ3) is 3.79. The maximum Gasteiger partial charge on any atom is 0.306 e. The van der Waals surface area contributed by atoms with Gasteiger partial charge in [0.25, 0.3) is 0 Å². The van der Waals surface area contributed by atoms with E-state index in [9.17, 15) is 9.90 Å². The lowest BCUT2D eigenvalue weighted by Crippen LogP contribution is -2.39. The second-order valence-electron chi connectivity index (χ2n) is 6.11. The van der Waals surface area contributed by atoms with Gasteiger partial charge in [0.15, 0.2) is 0 Å². The van der Waals surface area contributed by atoms with Crippen LogP contribution in [0.3, 0.4) is 0 Å². The number of hydrogen-bond donors (Lipinski definition) is 1. The van der Waals surface area contributed by atoms with Crippen molar-refractivity contribution in [2.45, 2.75) is 25.8 Å². The Bertz CT molecular complexity index is 646. The fourth-order valence-corrected chi connectivity index (χ4v) is 4.04. The van der Waals surface area contributed by atoms with Crippen molar-refractivity contribution < 1.29 is 14.6 Å². The largest absolute Gasteiger partial charge is 0.494 e. The lowest BCUT2D eigenvalue weighted by atomic mass is 9.92. The summed E-state index contributed by atoms with van der Waals surface area (Å²) in [7, 11) is 0. The molecule has 0 radical (unpaired) electrons. The van der Waals surface area contributed by atoms with E-state index >= 15 is 0 Å². The molecule has 1 aromatic heterocycles. The third-order valence-electron chi connectivity index (χ3n) is 4.61. The van der Waals surface area contributed by atoms with E-state index in [1.165, 1.54) is 11.1 Å². The first-order valence-electron chi connectivity index (χ1n) is 8.40. The van der Waals surface area contributed by atoms with Crippen molar-refractivity contribution in [1.82, 2.24) is 4.90 Å². The van der Waals surface area contributed by atoms with Crippen LogP contribution in [0.2, 0.25) is 0 Å². The Kier molecular flexibility index (Phi) is 5.53. The van der Waals surface area contributed by atoms with Gasteiger partial charge in [-0.15, -0.1) is 0 Å². The summed E-state index contributed by atoms with van der Waals surface area (Å²) in [6.45, 7) is 4.26. The minimum atomic E-state index is -0.664. The number of carboxylic acids is 1. The highest BCUT2D eigenvalue weighted by Crippen LogP contribution is 2.34. The molecule has 1 fully saturated rings. The van der Waals surface area contributed by atoms with E-state index in [0.29, 0.717) is 19.4 Å². The molecule has 0 bridgehead atoms. The van der Waals surface area contributed by atoms with Crippen LogP contribution in [0.15, 0.2) is 41.1 Å². The lowest BCUT2D eigenvalue weighted by molar-refractivity contribution is -0.143. The fraction of sp³-hybridized carbons (Fsp3) is 0.421. The van der Waals surface area contributed by atoms with E-state index in [1.54, 1.807) is 11.3 Å². The van der Waals surface area contributed by atoms with Crippen LogP contribution in [-0.4, -0.2) is 35.7 Å². The zero-order valence-corrected chi connectivity index (χ0v) is 14.7. The zero-order valence-electron chi connectivity index (χ0n) is 13.9. The van der Waals surface area contributed by atoms with Crippen LogP contribution >= 0.6 is 11.3 Å². The predicted octanol–water partition coefficient (Wildman–Crippen LogP) is 4.03. The first kappa shape index (κ1) is 17.0. The molecular weight excluding hydrogens is 322 g/mol. The molecule has 1 aliphatic rings. The number of rotatable bonds is 6. The molecule has 128 valence electrons. The summed E-state index contributed by atoms with van der Waals surface area (Å²) in [5.74, 6) is 0.0161. The van der Waals surface area contributed by atoms with Crippen LogP contribution in [0.25, 0.3) is 0 Å². The summed E-state index contributed by atoms with van der Waals surface area (Å²) < 4.78 is 5.54. The predicted molar refractivity (Wildman–Crippen MR) is 95.7 cm³/mol. The Morgan fingerprint density at radius 2 is 1.96 bits per heavy atom. The topological polar surface area (TPSA) is 49.8 Å². The number of nitrogens with zero attached hydrogens (tertiary/aromatic N) is 1. The molecule has 3 rings (SSSR count). The van der Waals surface area contributed by atoms with Gasteiger partial charge in [0.05, 0.1) is 18.6 Å². The van der Waals surface area contributed by atoms with Crippen LogP contribution in [-0.2, 0) is 4.79 Å². The van der Waals surface area contributed by atoms with Gasteiger partial charge < -0.3 is 9.84 Å². The standard InChI is InChI=1S/C19H23NO3S/c1-2-23-17-5-3-14(4-6-17)18(16-9-12-24-13-16)20-10-7-15(8-11-20)19(21)22/h3-6,9,12-13,15,18H,2,7-8,10-11H2,1H3,(H,21,22). The van der Waals surface area contributed by atoms with Gasteiger partial charge in [-0.1, -0.05) is 12.1 Å². The number of likely N-dealkylation sites (tertiary alicyclic amines) is 1. The molecule has 5 heteroatoms. The highest BCUT2D eigenvalue weighted by atomic mass is 32.1. The monoisotopic (exact) mass is 345 g/mol. The third-order valence-corrected chi connectivity index (χ3v) is 5.31. The average molecular weight is 345 g/mol. The first-order valence-corrected chi connectivity index (χ1v) is 9.35. The molecule has 1 N–H and O–H groups in total. The number of carbonyl (C=O) groups is 1. The van der Waals surface area contributed by atoms with Gasteiger partial charge in [-0.05, 0) is 72.9 Å². The smallest absolute Gasteiger partial charge is 0.306 e. The molecular formula is C19H23NO3S. The number of ether oxygens (including phenoxy) is 1. The van der Waals surface area contributed by atoms with Gasteiger partial charge in [-0.3, -0.25) is 9.69 Å². The molecule has 1 atom stereocenters. The van der Waals surface area contributed by atoms with Gasteiger partial charge in [0.1, 0.15) is 5.75 Å². The SMILES string of the molecule is CCOc1ccc(C(c2ccsc2)N2CCC(C(=O)O)CC2)cc1. The van der Waals surface area contributed by atoms with Crippen molar-refractivity contribution in [3.05, 3.63) is 52.2 Å². The van der Waals surface area contributed by atoms with Gasteiger partial charge in [0, 0.05) is 0 Å². The van der Waals surface area contributed by atoms with E-state index in [-0.39, 0.29) is 12.0 Å². The van der Waals surface area contributed by atoms with Crippen molar-refractivity contribution >= 4 is 17.3 Å². The van der Waals surface area contributed by atoms with E-state index in [2.05, 4.69) is 33.9 Å². The van der Waals surface area contributed by atoms with E-state index in [0.717, 1.165) is 18.8 Å². The number of aliphatic carboxylic acids is 1. The van der Waals surface area contributed by atoms with E-state index in [4.69, 9.17) is 4.74 Å². The van der Waals surface area contributed by atoms with Gasteiger partial charge in [0.2, 0.25) is 0 Å². The van der Waals surface area contributed by atoms with Crippen molar-refractivity contribution in [3.63, 3.8) is 0 Å². The first-order chi connectivity index (χ1) is 11.7. The summed E-state index contributed by atoms with van der Waals surface area (Å²) >= 11 is 1.70. The normalized spacial score (nSPS) is 17.5. The highest BCUT2D eigenvalue weighted by Gasteiger charge is 2.30. The van der Waals surface area contributed by atoms with E-state index in [1.807, 2.05) is 19.1 Å². The molecule has 0 saturated carbocycles. The van der Waals surface area contributed by atoms with E-state index < -0.39 is 5.97 Å². The molecule has 2 heterocycles. The molecule has 2 aromatic rings. The van der Waals surface area contributed by atoms with Crippen LogP contribution in [0, 0.1) is 5.92 Å². The van der Waals surface area contributed by atoms with Crippen molar-refractivity contribution in [2.75, 3.05) is 19.7 Å². The summed E-state index contributed by atoms with van der Waals surface area (Å²) in [5.41, 5.74) is 2.50. The molecule has 0 amide bonds. The molecule has 24 heavy (non-hydrogen) atoms. The average Bonchev–Trinajstić information content (AvgIpc) is 3.11. The summed E-state index contributed by atoms with van der Waals surface area (Å²) in [5, 5.41) is 13.5. The molecule has 1 aromatic carbocycles. The molecule has 0 aliphatic carbocycles. The Hall–Kier alpha value is -1.85. The lowest BCUT2D eigenvalue weighted by Gasteiger charge is -2.36. The Morgan fingerprint density at radius 3 is 2.50 bits per heavy atom. The van der Waals surface area contributed by atoms with Crippen molar-refractivity contribution in [3.8, 4) is 5.75 Å².